The first-order valence-electron chi connectivity index (χ1n) is 5.28. The van der Waals surface area contributed by atoms with Gasteiger partial charge in [0.25, 0.3) is 0 Å². The first-order valence-corrected chi connectivity index (χ1v) is 5.28. The zero-order valence-corrected chi connectivity index (χ0v) is 9.11. The summed E-state index contributed by atoms with van der Waals surface area (Å²) in [6.07, 6.45) is 4.67. The molecule has 1 aromatic rings. The predicted octanol–water partition coefficient (Wildman–Crippen LogP) is 3.00. The number of para-hydroxylation sites is 1. The van der Waals surface area contributed by atoms with Gasteiger partial charge < -0.3 is 4.74 Å². The smallest absolute Gasteiger partial charge is 0.322 e. The molecule has 1 aromatic carbocycles. The van der Waals surface area contributed by atoms with E-state index in [2.05, 4.69) is 13.2 Å². The Kier molecular flexibility index (Phi) is 2.65. The molecule has 0 amide bonds. The molecule has 1 aliphatic rings. The summed E-state index contributed by atoms with van der Waals surface area (Å²) in [4.78, 5) is 12.0. The molecular weight excluding hydrogens is 200 g/mol. The van der Waals surface area contributed by atoms with Crippen LogP contribution in [0.1, 0.15) is 18.4 Å². The predicted molar refractivity (Wildman–Crippen MR) is 63.4 cm³/mol. The second-order valence-corrected chi connectivity index (χ2v) is 3.95. The van der Waals surface area contributed by atoms with Crippen LogP contribution in [0.3, 0.4) is 0 Å². The average Bonchev–Trinajstić information content (AvgIpc) is 2.54. The zero-order valence-electron chi connectivity index (χ0n) is 9.11. The van der Waals surface area contributed by atoms with E-state index in [0.717, 1.165) is 5.56 Å². The third-order valence-electron chi connectivity index (χ3n) is 2.98. The molecule has 0 saturated carbocycles. The lowest BCUT2D eigenvalue weighted by Gasteiger charge is -2.22. The number of allylic oxidation sites excluding steroid dienone is 2. The number of rotatable bonds is 4. The summed E-state index contributed by atoms with van der Waals surface area (Å²) in [5.41, 5.74) is 0.333. The summed E-state index contributed by atoms with van der Waals surface area (Å²) in [7, 11) is 0. The second-order valence-electron chi connectivity index (χ2n) is 3.95. The van der Waals surface area contributed by atoms with Gasteiger partial charge >= 0.3 is 5.97 Å². The molecule has 0 radical (unpaired) electrons. The molecule has 16 heavy (non-hydrogen) atoms. The van der Waals surface area contributed by atoms with Crippen molar-refractivity contribution in [2.24, 2.45) is 0 Å². The van der Waals surface area contributed by atoms with Gasteiger partial charge in [-0.15, -0.1) is 13.2 Å². The van der Waals surface area contributed by atoms with Crippen molar-refractivity contribution in [2.45, 2.75) is 18.3 Å². The highest BCUT2D eigenvalue weighted by Crippen LogP contribution is 2.44. The van der Waals surface area contributed by atoms with Gasteiger partial charge in [-0.3, -0.25) is 4.79 Å². The van der Waals surface area contributed by atoms with E-state index in [1.807, 2.05) is 24.3 Å². The number of fused-ring (bicyclic) bond motifs is 1. The Morgan fingerprint density at radius 2 is 1.81 bits per heavy atom. The van der Waals surface area contributed by atoms with Gasteiger partial charge in [0.05, 0.1) is 0 Å². The molecule has 0 fully saturated rings. The third kappa shape index (κ3) is 1.38. The molecule has 2 heteroatoms. The van der Waals surface area contributed by atoms with Crippen LogP contribution in [-0.2, 0) is 10.2 Å². The molecule has 0 N–H and O–H groups in total. The molecule has 1 heterocycles. The number of hydrogen-bond acceptors (Lipinski definition) is 2. The fraction of sp³-hybridized carbons (Fsp3) is 0.214. The molecule has 82 valence electrons. The molecule has 2 nitrogen and oxygen atoms in total. The van der Waals surface area contributed by atoms with E-state index in [9.17, 15) is 4.79 Å². The van der Waals surface area contributed by atoms with Gasteiger partial charge in [-0.1, -0.05) is 30.4 Å². The highest BCUT2D eigenvalue weighted by Gasteiger charge is 2.46. The molecule has 0 spiro atoms. The van der Waals surface area contributed by atoms with Crippen LogP contribution in [0.2, 0.25) is 0 Å². The number of hydrogen-bond donors (Lipinski definition) is 0. The summed E-state index contributed by atoms with van der Waals surface area (Å²) >= 11 is 0. The van der Waals surface area contributed by atoms with Crippen LogP contribution < -0.4 is 4.74 Å². The maximum absolute atomic E-state index is 12.0. The van der Waals surface area contributed by atoms with Crippen LogP contribution in [-0.4, -0.2) is 5.97 Å². The maximum atomic E-state index is 12.0. The van der Waals surface area contributed by atoms with Gasteiger partial charge in [-0.25, -0.2) is 0 Å². The standard InChI is InChI=1S/C14H14O2/c1-3-9-14(10-4-2)11-7-5-6-8-12(11)16-13(14)15/h3-8H,1-2,9-10H2. The van der Waals surface area contributed by atoms with E-state index in [1.165, 1.54) is 0 Å². The molecule has 1 aliphatic heterocycles. The number of carbonyl (C=O) groups is 1. The number of esters is 1. The zero-order chi connectivity index (χ0) is 11.6. The molecule has 0 unspecified atom stereocenters. The van der Waals surface area contributed by atoms with E-state index in [0.29, 0.717) is 18.6 Å². The van der Waals surface area contributed by atoms with Crippen LogP contribution in [0.15, 0.2) is 49.6 Å². The van der Waals surface area contributed by atoms with E-state index in [1.54, 1.807) is 12.2 Å². The van der Waals surface area contributed by atoms with Crippen LogP contribution in [0, 0.1) is 0 Å². The summed E-state index contributed by atoms with van der Waals surface area (Å²) in [5, 5.41) is 0. The van der Waals surface area contributed by atoms with Gasteiger partial charge in [0.15, 0.2) is 0 Å². The fourth-order valence-electron chi connectivity index (χ4n) is 2.22. The number of carbonyl (C=O) groups excluding carboxylic acids is 1. The molecule has 0 aliphatic carbocycles. The molecular formula is C14H14O2. The lowest BCUT2D eigenvalue weighted by atomic mass is 9.76. The van der Waals surface area contributed by atoms with Gasteiger partial charge in [0.1, 0.15) is 11.2 Å². The molecule has 0 saturated heterocycles. The van der Waals surface area contributed by atoms with Gasteiger partial charge in [-0.2, -0.15) is 0 Å². The topological polar surface area (TPSA) is 26.3 Å². The van der Waals surface area contributed by atoms with Crippen molar-refractivity contribution in [3.8, 4) is 5.75 Å². The van der Waals surface area contributed by atoms with Crippen molar-refractivity contribution >= 4 is 5.97 Å². The number of ether oxygens (including phenoxy) is 1. The molecule has 2 rings (SSSR count). The summed E-state index contributed by atoms with van der Waals surface area (Å²) in [5.74, 6) is 0.463. The van der Waals surface area contributed by atoms with Crippen molar-refractivity contribution in [3.05, 3.63) is 55.1 Å². The van der Waals surface area contributed by atoms with Crippen molar-refractivity contribution in [1.29, 1.82) is 0 Å². The SMILES string of the molecule is C=CCC1(CC=C)C(=O)Oc2ccccc21. The highest BCUT2D eigenvalue weighted by molar-refractivity contribution is 5.91. The highest BCUT2D eigenvalue weighted by atomic mass is 16.5. The van der Waals surface area contributed by atoms with Gasteiger partial charge in [0.2, 0.25) is 0 Å². The first-order chi connectivity index (χ1) is 7.74. The molecule has 0 bridgehead atoms. The minimum atomic E-state index is -0.611. The van der Waals surface area contributed by atoms with Crippen LogP contribution >= 0.6 is 0 Å². The Balaban J connectivity index is 2.55. The minimum Gasteiger partial charge on any atom is -0.426 e. The Hall–Kier alpha value is -1.83. The maximum Gasteiger partial charge on any atom is 0.322 e. The van der Waals surface area contributed by atoms with Crippen LogP contribution in [0.5, 0.6) is 5.75 Å². The monoisotopic (exact) mass is 214 g/mol. The Morgan fingerprint density at radius 3 is 2.44 bits per heavy atom. The normalized spacial score (nSPS) is 16.4. The third-order valence-corrected chi connectivity index (χ3v) is 2.98. The van der Waals surface area contributed by atoms with Crippen molar-refractivity contribution < 1.29 is 9.53 Å². The van der Waals surface area contributed by atoms with Gasteiger partial charge in [-0.05, 0) is 18.9 Å². The lowest BCUT2D eigenvalue weighted by molar-refractivity contribution is -0.138. The van der Waals surface area contributed by atoms with Crippen LogP contribution in [0.25, 0.3) is 0 Å². The van der Waals surface area contributed by atoms with E-state index >= 15 is 0 Å². The summed E-state index contributed by atoms with van der Waals surface area (Å²) < 4.78 is 5.29. The quantitative estimate of drug-likeness (QED) is 0.437. The van der Waals surface area contributed by atoms with Gasteiger partial charge in [0, 0.05) is 5.56 Å². The van der Waals surface area contributed by atoms with E-state index in [4.69, 9.17) is 4.74 Å². The van der Waals surface area contributed by atoms with Crippen molar-refractivity contribution in [1.82, 2.24) is 0 Å². The Bertz CT molecular complexity index is 436. The Morgan fingerprint density at radius 1 is 1.19 bits per heavy atom. The van der Waals surface area contributed by atoms with E-state index in [-0.39, 0.29) is 5.97 Å². The van der Waals surface area contributed by atoms with Crippen molar-refractivity contribution in [2.75, 3.05) is 0 Å². The summed E-state index contributed by atoms with van der Waals surface area (Å²) in [6, 6.07) is 7.54. The second kappa shape index (κ2) is 3.97. The minimum absolute atomic E-state index is 0.200. The molecule has 0 atom stereocenters. The fourth-order valence-corrected chi connectivity index (χ4v) is 2.22. The first kappa shape index (κ1) is 10.7. The van der Waals surface area contributed by atoms with Crippen LogP contribution in [0.4, 0.5) is 0 Å². The Labute approximate surface area is 95.2 Å². The largest absolute Gasteiger partial charge is 0.426 e. The van der Waals surface area contributed by atoms with Crippen molar-refractivity contribution in [3.63, 3.8) is 0 Å². The van der Waals surface area contributed by atoms with E-state index < -0.39 is 5.41 Å². The molecule has 0 aromatic heterocycles. The summed E-state index contributed by atoms with van der Waals surface area (Å²) in [6.45, 7) is 7.43. The lowest BCUT2D eigenvalue weighted by Crippen LogP contribution is -2.32. The average molecular weight is 214 g/mol. The number of benzene rings is 1.